The standard InChI is InChI=1S/C20H27ClN4O4S/c1-24-7-4-16(23-24)11-22-30(27,28)17-2-3-19(18(21)10-17)25-12-15(13-26)20(14-25)5-8-29-9-6-20/h2-4,7,10,15,22,26H,5-6,8-9,11-14H2,1H3. The van der Waals surface area contributed by atoms with Gasteiger partial charge in [-0.1, -0.05) is 11.6 Å². The van der Waals surface area contributed by atoms with E-state index in [-0.39, 0.29) is 29.4 Å². The van der Waals surface area contributed by atoms with Crippen molar-refractivity contribution >= 4 is 27.3 Å². The van der Waals surface area contributed by atoms with Crippen molar-refractivity contribution in [2.24, 2.45) is 18.4 Å². The summed E-state index contributed by atoms with van der Waals surface area (Å²) in [5, 5.41) is 14.5. The number of aliphatic hydroxyl groups is 1. The zero-order valence-electron chi connectivity index (χ0n) is 16.9. The monoisotopic (exact) mass is 454 g/mol. The highest BCUT2D eigenvalue weighted by molar-refractivity contribution is 7.89. The third-order valence-corrected chi connectivity index (χ3v) is 8.01. The quantitative estimate of drug-likeness (QED) is 0.690. The van der Waals surface area contributed by atoms with Gasteiger partial charge < -0.3 is 14.7 Å². The molecule has 0 radical (unpaired) electrons. The van der Waals surface area contributed by atoms with Crippen molar-refractivity contribution in [3.05, 3.63) is 41.2 Å². The third kappa shape index (κ3) is 4.22. The van der Waals surface area contributed by atoms with Crippen LogP contribution in [0.5, 0.6) is 0 Å². The van der Waals surface area contributed by atoms with Crippen molar-refractivity contribution in [2.75, 3.05) is 37.8 Å². The van der Waals surface area contributed by atoms with Gasteiger partial charge in [0, 0.05) is 52.1 Å². The summed E-state index contributed by atoms with van der Waals surface area (Å²) in [4.78, 5) is 2.28. The van der Waals surface area contributed by atoms with E-state index in [1.165, 1.54) is 6.07 Å². The molecule has 2 aliphatic heterocycles. The molecule has 1 atom stereocenters. The van der Waals surface area contributed by atoms with Gasteiger partial charge in [0.25, 0.3) is 0 Å². The van der Waals surface area contributed by atoms with Gasteiger partial charge >= 0.3 is 0 Å². The third-order valence-electron chi connectivity index (χ3n) is 6.30. The summed E-state index contributed by atoms with van der Waals surface area (Å²) in [6.45, 7) is 3.12. The Labute approximate surface area is 181 Å². The summed E-state index contributed by atoms with van der Waals surface area (Å²) >= 11 is 6.52. The highest BCUT2D eigenvalue weighted by Gasteiger charge is 2.47. The summed E-state index contributed by atoms with van der Waals surface area (Å²) in [5.41, 5.74) is 1.45. The van der Waals surface area contributed by atoms with E-state index in [9.17, 15) is 13.5 Å². The fraction of sp³-hybridized carbons (Fsp3) is 0.550. The molecule has 30 heavy (non-hydrogen) atoms. The van der Waals surface area contributed by atoms with Gasteiger partial charge in [0.1, 0.15) is 0 Å². The first-order chi connectivity index (χ1) is 14.3. The van der Waals surface area contributed by atoms with Crippen molar-refractivity contribution in [3.8, 4) is 0 Å². The number of halogens is 1. The lowest BCUT2D eigenvalue weighted by Crippen LogP contribution is -2.38. The number of aliphatic hydroxyl groups excluding tert-OH is 1. The lowest BCUT2D eigenvalue weighted by molar-refractivity contribution is -0.00933. The Morgan fingerprint density at radius 1 is 1.33 bits per heavy atom. The molecule has 1 spiro atoms. The summed E-state index contributed by atoms with van der Waals surface area (Å²) in [5.74, 6) is 0.154. The summed E-state index contributed by atoms with van der Waals surface area (Å²) in [7, 11) is -1.93. The predicted molar refractivity (Wildman–Crippen MR) is 114 cm³/mol. The lowest BCUT2D eigenvalue weighted by Gasteiger charge is -2.37. The summed E-state index contributed by atoms with van der Waals surface area (Å²) in [6.07, 6.45) is 3.59. The first-order valence-electron chi connectivity index (χ1n) is 10.0. The molecule has 8 nitrogen and oxygen atoms in total. The average molecular weight is 455 g/mol. The smallest absolute Gasteiger partial charge is 0.240 e. The fourth-order valence-electron chi connectivity index (χ4n) is 4.53. The Bertz CT molecular complexity index is 1000. The highest BCUT2D eigenvalue weighted by Crippen LogP contribution is 2.46. The Balaban J connectivity index is 1.50. The van der Waals surface area contributed by atoms with Crippen molar-refractivity contribution in [1.82, 2.24) is 14.5 Å². The number of hydrogen-bond acceptors (Lipinski definition) is 6. The van der Waals surface area contributed by atoms with Crippen LogP contribution in [0.25, 0.3) is 0 Å². The number of nitrogens with zero attached hydrogens (tertiary/aromatic N) is 3. The van der Waals surface area contributed by atoms with Gasteiger partial charge in [-0.05, 0) is 42.5 Å². The summed E-state index contributed by atoms with van der Waals surface area (Å²) < 4.78 is 35.0. The van der Waals surface area contributed by atoms with Crippen molar-refractivity contribution < 1.29 is 18.3 Å². The van der Waals surface area contributed by atoms with Gasteiger partial charge in [-0.3, -0.25) is 4.68 Å². The number of benzene rings is 1. The second-order valence-electron chi connectivity index (χ2n) is 8.15. The largest absolute Gasteiger partial charge is 0.396 e. The first-order valence-corrected chi connectivity index (χ1v) is 11.9. The Hall–Kier alpha value is -1.65. The van der Waals surface area contributed by atoms with E-state index in [0.29, 0.717) is 30.5 Å². The Kier molecular flexibility index (Phi) is 6.09. The minimum atomic E-state index is -3.71. The molecule has 10 heteroatoms. The van der Waals surface area contributed by atoms with Crippen LogP contribution < -0.4 is 9.62 Å². The molecule has 2 aromatic rings. The SMILES string of the molecule is Cn1ccc(CNS(=O)(=O)c2ccc(N3CC(CO)C4(CCOCC4)C3)c(Cl)c2)n1. The van der Waals surface area contributed by atoms with Crippen LogP contribution in [0.1, 0.15) is 18.5 Å². The molecule has 3 heterocycles. The van der Waals surface area contributed by atoms with Crippen molar-refractivity contribution in [2.45, 2.75) is 24.3 Å². The van der Waals surface area contributed by atoms with Crippen LogP contribution in [0.15, 0.2) is 35.4 Å². The topological polar surface area (TPSA) is 96.7 Å². The van der Waals surface area contributed by atoms with E-state index in [1.807, 2.05) is 0 Å². The van der Waals surface area contributed by atoms with Gasteiger partial charge in [-0.15, -0.1) is 0 Å². The molecular weight excluding hydrogens is 428 g/mol. The molecule has 0 aliphatic carbocycles. The van der Waals surface area contributed by atoms with E-state index in [1.54, 1.807) is 36.1 Å². The number of nitrogens with one attached hydrogen (secondary N) is 1. The molecule has 164 valence electrons. The molecule has 2 aliphatic rings. The minimum absolute atomic E-state index is 0.0192. The van der Waals surface area contributed by atoms with E-state index in [4.69, 9.17) is 16.3 Å². The first kappa shape index (κ1) is 21.6. The maximum Gasteiger partial charge on any atom is 0.240 e. The van der Waals surface area contributed by atoms with Crippen LogP contribution >= 0.6 is 11.6 Å². The van der Waals surface area contributed by atoms with Crippen LogP contribution in [-0.2, 0) is 28.4 Å². The molecule has 0 amide bonds. The van der Waals surface area contributed by atoms with Crippen LogP contribution in [0, 0.1) is 11.3 Å². The van der Waals surface area contributed by atoms with Crippen molar-refractivity contribution in [3.63, 3.8) is 0 Å². The summed E-state index contributed by atoms with van der Waals surface area (Å²) in [6, 6.07) is 6.57. The maximum absolute atomic E-state index is 12.7. The van der Waals surface area contributed by atoms with E-state index >= 15 is 0 Å². The van der Waals surface area contributed by atoms with E-state index < -0.39 is 10.0 Å². The number of sulfonamides is 1. The number of aromatic nitrogens is 2. The van der Waals surface area contributed by atoms with Gasteiger partial charge in [-0.2, -0.15) is 5.10 Å². The molecule has 2 saturated heterocycles. The fourth-order valence-corrected chi connectivity index (χ4v) is 5.92. The number of rotatable bonds is 6. The molecule has 0 saturated carbocycles. The van der Waals surface area contributed by atoms with Gasteiger partial charge in [0.2, 0.25) is 10.0 Å². The molecule has 2 N–H and O–H groups in total. The average Bonchev–Trinajstić information content (AvgIpc) is 3.30. The van der Waals surface area contributed by atoms with Crippen LogP contribution in [0.3, 0.4) is 0 Å². The second kappa shape index (κ2) is 8.47. The predicted octanol–water partition coefficient (Wildman–Crippen LogP) is 1.78. The van der Waals surface area contributed by atoms with Crippen LogP contribution in [0.4, 0.5) is 5.69 Å². The van der Waals surface area contributed by atoms with Crippen molar-refractivity contribution in [1.29, 1.82) is 0 Å². The normalized spacial score (nSPS) is 21.4. The van der Waals surface area contributed by atoms with Gasteiger partial charge in [-0.25, -0.2) is 13.1 Å². The number of ether oxygens (including phenoxy) is 1. The molecule has 2 fully saturated rings. The molecule has 4 rings (SSSR count). The van der Waals surface area contributed by atoms with E-state index in [0.717, 1.165) is 25.1 Å². The van der Waals surface area contributed by atoms with Gasteiger partial charge in [0.05, 0.1) is 27.8 Å². The minimum Gasteiger partial charge on any atom is -0.396 e. The van der Waals surface area contributed by atoms with Crippen LogP contribution in [-0.4, -0.2) is 56.2 Å². The molecule has 0 bridgehead atoms. The lowest BCUT2D eigenvalue weighted by atomic mass is 9.72. The van der Waals surface area contributed by atoms with E-state index in [2.05, 4.69) is 14.7 Å². The maximum atomic E-state index is 12.7. The second-order valence-corrected chi connectivity index (χ2v) is 10.3. The number of anilines is 1. The Morgan fingerprint density at radius 2 is 2.10 bits per heavy atom. The zero-order valence-corrected chi connectivity index (χ0v) is 18.5. The van der Waals surface area contributed by atoms with Crippen LogP contribution in [0.2, 0.25) is 5.02 Å². The molecular formula is C20H27ClN4O4S. The number of hydrogen-bond donors (Lipinski definition) is 2. The zero-order chi connectivity index (χ0) is 21.4. The molecule has 1 unspecified atom stereocenters. The Morgan fingerprint density at radius 3 is 2.73 bits per heavy atom. The molecule has 1 aromatic carbocycles. The number of aryl methyl sites for hydroxylation is 1. The van der Waals surface area contributed by atoms with Gasteiger partial charge in [0.15, 0.2) is 0 Å². The molecule has 1 aromatic heterocycles. The highest BCUT2D eigenvalue weighted by atomic mass is 35.5.